The molecule has 1 N–H and O–H groups in total. The van der Waals surface area contributed by atoms with Gasteiger partial charge in [0.05, 0.1) is 7.11 Å². The van der Waals surface area contributed by atoms with Crippen LogP contribution in [0.1, 0.15) is 11.7 Å². The van der Waals surface area contributed by atoms with Crippen molar-refractivity contribution in [2.24, 2.45) is 0 Å². The molecule has 0 radical (unpaired) electrons. The molecule has 18 heavy (non-hydrogen) atoms. The molecule has 0 fully saturated rings. The summed E-state index contributed by atoms with van der Waals surface area (Å²) in [6.45, 7) is 0.515. The van der Waals surface area contributed by atoms with E-state index >= 15 is 0 Å². The number of rotatable bonds is 4. The number of ether oxygens (including phenoxy) is 1. The largest absolute Gasteiger partial charge is 1.00 e. The van der Waals surface area contributed by atoms with Gasteiger partial charge in [0.1, 0.15) is 11.9 Å². The van der Waals surface area contributed by atoms with Crippen molar-refractivity contribution < 1.29 is 31.4 Å². The second-order valence-electron chi connectivity index (χ2n) is 3.83. The first-order chi connectivity index (χ1) is 8.31. The first-order valence-electron chi connectivity index (χ1n) is 5.56. The predicted octanol–water partition coefficient (Wildman–Crippen LogP) is -1.28. The molecule has 4 heteroatoms. The Morgan fingerprint density at radius 2 is 1.78 bits per heavy atom. The number of aromatic nitrogens is 1. The maximum absolute atomic E-state index is 10.2. The van der Waals surface area contributed by atoms with Crippen molar-refractivity contribution in [3.05, 3.63) is 60.4 Å². The standard InChI is InChI=1S/C14H16NO2.BrH/c1-17-14-8-4-3-7-12(14)13(16)11-15-9-5-2-6-10-15;/h2-10,13,16H,11H2,1H3;1H/q+1;/p-1. The van der Waals surface area contributed by atoms with Crippen LogP contribution < -0.4 is 26.3 Å². The van der Waals surface area contributed by atoms with E-state index < -0.39 is 6.10 Å². The van der Waals surface area contributed by atoms with Crippen LogP contribution in [0.4, 0.5) is 0 Å². The Morgan fingerprint density at radius 3 is 2.44 bits per heavy atom. The fourth-order valence-corrected chi connectivity index (χ4v) is 1.80. The molecule has 0 saturated carbocycles. The molecular formula is C14H16BrNO2. The van der Waals surface area contributed by atoms with Gasteiger partial charge >= 0.3 is 0 Å². The zero-order valence-corrected chi connectivity index (χ0v) is 11.7. The van der Waals surface area contributed by atoms with Gasteiger partial charge in [-0.1, -0.05) is 24.3 Å². The SMILES string of the molecule is COc1ccccc1C(O)C[n+]1ccccc1.[Br-]. The molecule has 1 unspecified atom stereocenters. The average Bonchev–Trinajstić information content (AvgIpc) is 2.40. The van der Waals surface area contributed by atoms with E-state index in [1.54, 1.807) is 7.11 Å². The van der Waals surface area contributed by atoms with Gasteiger partial charge in [0.2, 0.25) is 0 Å². The maximum atomic E-state index is 10.2. The summed E-state index contributed by atoms with van der Waals surface area (Å²) < 4.78 is 7.18. The van der Waals surface area contributed by atoms with Gasteiger partial charge < -0.3 is 26.8 Å². The molecule has 96 valence electrons. The Labute approximate surface area is 117 Å². The Bertz CT molecular complexity index is 476. The Hall–Kier alpha value is -1.39. The molecular weight excluding hydrogens is 294 g/mol. The van der Waals surface area contributed by atoms with Gasteiger partial charge in [-0.25, -0.2) is 4.57 Å². The molecule has 0 aliphatic heterocycles. The van der Waals surface area contributed by atoms with Crippen LogP contribution in [0, 0.1) is 0 Å². The summed E-state index contributed by atoms with van der Waals surface area (Å²) in [6, 6.07) is 13.4. The third-order valence-electron chi connectivity index (χ3n) is 2.66. The predicted molar refractivity (Wildman–Crippen MR) is 64.6 cm³/mol. The monoisotopic (exact) mass is 309 g/mol. The molecule has 1 aromatic heterocycles. The molecule has 0 saturated heterocycles. The normalized spacial score (nSPS) is 11.4. The van der Waals surface area contributed by atoms with Crippen molar-refractivity contribution in [1.82, 2.24) is 0 Å². The zero-order chi connectivity index (χ0) is 12.1. The molecule has 3 nitrogen and oxygen atoms in total. The summed E-state index contributed by atoms with van der Waals surface area (Å²) in [6.07, 6.45) is 3.29. The number of aliphatic hydroxyl groups excluding tert-OH is 1. The maximum Gasteiger partial charge on any atom is 0.178 e. The van der Waals surface area contributed by atoms with Crippen LogP contribution in [-0.4, -0.2) is 12.2 Å². The number of methoxy groups -OCH3 is 1. The molecule has 2 aromatic rings. The lowest BCUT2D eigenvalue weighted by atomic mass is 10.1. The summed E-state index contributed by atoms with van der Waals surface area (Å²) >= 11 is 0. The van der Waals surface area contributed by atoms with Crippen molar-refractivity contribution in [3.8, 4) is 5.75 Å². The number of hydrogen-bond acceptors (Lipinski definition) is 2. The molecule has 1 heterocycles. The fraction of sp³-hybridized carbons (Fsp3) is 0.214. The molecule has 1 aromatic carbocycles. The fourth-order valence-electron chi connectivity index (χ4n) is 1.80. The highest BCUT2D eigenvalue weighted by atomic mass is 79.9. The summed E-state index contributed by atoms with van der Waals surface area (Å²) in [5.74, 6) is 0.719. The lowest BCUT2D eigenvalue weighted by molar-refractivity contribution is -0.704. The summed E-state index contributed by atoms with van der Waals surface area (Å²) in [5, 5.41) is 10.2. The van der Waals surface area contributed by atoms with Gasteiger partial charge in [-0.2, -0.15) is 0 Å². The van der Waals surface area contributed by atoms with Gasteiger partial charge in [0.15, 0.2) is 18.9 Å². The minimum atomic E-state index is -0.571. The first kappa shape index (κ1) is 14.7. The van der Waals surface area contributed by atoms with E-state index in [2.05, 4.69) is 0 Å². The summed E-state index contributed by atoms with van der Waals surface area (Å²) in [5.41, 5.74) is 0.811. The first-order valence-corrected chi connectivity index (χ1v) is 5.56. The van der Waals surface area contributed by atoms with E-state index in [0.717, 1.165) is 11.3 Å². The smallest absolute Gasteiger partial charge is 0.178 e. The third-order valence-corrected chi connectivity index (χ3v) is 2.66. The zero-order valence-electron chi connectivity index (χ0n) is 10.2. The van der Waals surface area contributed by atoms with Gasteiger partial charge in [-0.3, -0.25) is 0 Å². The molecule has 1 atom stereocenters. The van der Waals surface area contributed by atoms with Crippen molar-refractivity contribution >= 4 is 0 Å². The third kappa shape index (κ3) is 3.55. The highest BCUT2D eigenvalue weighted by Gasteiger charge is 2.16. The van der Waals surface area contributed by atoms with Gasteiger partial charge in [-0.05, 0) is 6.07 Å². The molecule has 2 rings (SSSR count). The number of pyridine rings is 1. The second-order valence-corrected chi connectivity index (χ2v) is 3.83. The van der Waals surface area contributed by atoms with E-state index in [4.69, 9.17) is 4.74 Å². The number of hydrogen-bond donors (Lipinski definition) is 1. The molecule has 0 aliphatic carbocycles. The minimum Gasteiger partial charge on any atom is -1.00 e. The van der Waals surface area contributed by atoms with Crippen LogP contribution in [0.3, 0.4) is 0 Å². The van der Waals surface area contributed by atoms with Crippen molar-refractivity contribution in [3.63, 3.8) is 0 Å². The van der Waals surface area contributed by atoms with Crippen LogP contribution in [0.15, 0.2) is 54.9 Å². The quantitative estimate of drug-likeness (QED) is 0.714. The lowest BCUT2D eigenvalue weighted by Crippen LogP contribution is -3.00. The topological polar surface area (TPSA) is 33.3 Å². The van der Waals surface area contributed by atoms with Gasteiger partial charge in [0, 0.05) is 17.7 Å². The average molecular weight is 310 g/mol. The van der Waals surface area contributed by atoms with E-state index in [1.165, 1.54) is 0 Å². The highest BCUT2D eigenvalue weighted by Crippen LogP contribution is 2.24. The number of para-hydroxylation sites is 1. The molecule has 0 amide bonds. The Kier molecular flexibility index (Phi) is 5.82. The number of aliphatic hydroxyl groups is 1. The molecule has 0 spiro atoms. The molecule has 0 aliphatic rings. The Morgan fingerprint density at radius 1 is 1.11 bits per heavy atom. The van der Waals surface area contributed by atoms with Crippen LogP contribution in [0.25, 0.3) is 0 Å². The van der Waals surface area contributed by atoms with Crippen LogP contribution in [-0.2, 0) is 6.54 Å². The molecule has 0 bridgehead atoms. The van der Waals surface area contributed by atoms with E-state index in [1.807, 2.05) is 59.4 Å². The van der Waals surface area contributed by atoms with Crippen LogP contribution in [0.5, 0.6) is 5.75 Å². The minimum absolute atomic E-state index is 0. The second kappa shape index (κ2) is 7.13. The number of nitrogens with zero attached hydrogens (tertiary/aromatic N) is 1. The number of halogens is 1. The summed E-state index contributed by atoms with van der Waals surface area (Å²) in [7, 11) is 1.61. The van der Waals surface area contributed by atoms with Crippen LogP contribution >= 0.6 is 0 Å². The van der Waals surface area contributed by atoms with E-state index in [-0.39, 0.29) is 17.0 Å². The highest BCUT2D eigenvalue weighted by molar-refractivity contribution is 5.34. The van der Waals surface area contributed by atoms with E-state index in [0.29, 0.717) is 6.54 Å². The lowest BCUT2D eigenvalue weighted by Gasteiger charge is -2.11. The Balaban J connectivity index is 0.00000162. The van der Waals surface area contributed by atoms with Gasteiger partial charge in [0.25, 0.3) is 0 Å². The van der Waals surface area contributed by atoms with Crippen LogP contribution in [0.2, 0.25) is 0 Å². The van der Waals surface area contributed by atoms with Crippen molar-refractivity contribution in [1.29, 1.82) is 0 Å². The number of benzene rings is 1. The van der Waals surface area contributed by atoms with Crippen molar-refractivity contribution in [2.45, 2.75) is 12.6 Å². The van der Waals surface area contributed by atoms with E-state index in [9.17, 15) is 5.11 Å². The van der Waals surface area contributed by atoms with Crippen molar-refractivity contribution in [2.75, 3.05) is 7.11 Å². The summed E-state index contributed by atoms with van der Waals surface area (Å²) in [4.78, 5) is 0. The van der Waals surface area contributed by atoms with Gasteiger partial charge in [-0.15, -0.1) is 0 Å².